The average molecular weight is 272 g/mol. The van der Waals surface area contributed by atoms with E-state index >= 15 is 0 Å². The summed E-state index contributed by atoms with van der Waals surface area (Å²) in [4.78, 5) is 15.9. The first-order valence-electron chi connectivity index (χ1n) is 6.13. The van der Waals surface area contributed by atoms with Crippen molar-refractivity contribution in [2.45, 2.75) is 6.42 Å². The van der Waals surface area contributed by atoms with Crippen LogP contribution in [0.5, 0.6) is 11.5 Å². The van der Waals surface area contributed by atoms with Crippen molar-refractivity contribution in [1.82, 2.24) is 4.98 Å². The van der Waals surface area contributed by atoms with Gasteiger partial charge in [-0.1, -0.05) is 6.07 Å². The molecule has 0 radical (unpaired) electrons. The maximum atomic E-state index is 11.9. The summed E-state index contributed by atoms with van der Waals surface area (Å²) in [6, 6.07) is 8.90. The van der Waals surface area contributed by atoms with E-state index in [1.807, 2.05) is 6.07 Å². The monoisotopic (exact) mass is 272 g/mol. The highest BCUT2D eigenvalue weighted by atomic mass is 16.5. The number of nitrogens with one attached hydrogen (secondary N) is 1. The third-order valence-corrected chi connectivity index (χ3v) is 2.75. The Kier molecular flexibility index (Phi) is 4.55. The van der Waals surface area contributed by atoms with E-state index in [-0.39, 0.29) is 12.3 Å². The van der Waals surface area contributed by atoms with Crippen LogP contribution in [0.1, 0.15) is 5.56 Å². The molecule has 0 aliphatic carbocycles. The predicted molar refractivity (Wildman–Crippen MR) is 76.1 cm³/mol. The van der Waals surface area contributed by atoms with E-state index in [0.29, 0.717) is 17.2 Å². The smallest absolute Gasteiger partial charge is 0.228 e. The summed E-state index contributed by atoms with van der Waals surface area (Å²) in [6.45, 7) is 0. The van der Waals surface area contributed by atoms with Crippen LogP contribution < -0.4 is 14.8 Å². The third kappa shape index (κ3) is 3.47. The summed E-state index contributed by atoms with van der Waals surface area (Å²) in [7, 11) is 3.12. The fraction of sp³-hybridized carbons (Fsp3) is 0.200. The number of carbonyl (C=O) groups excluding carboxylic acids is 1. The van der Waals surface area contributed by atoms with Gasteiger partial charge in [-0.05, 0) is 23.8 Å². The molecule has 0 saturated heterocycles. The van der Waals surface area contributed by atoms with E-state index in [9.17, 15) is 4.79 Å². The second-order valence-electron chi connectivity index (χ2n) is 4.16. The fourth-order valence-corrected chi connectivity index (χ4v) is 1.81. The van der Waals surface area contributed by atoms with Gasteiger partial charge in [0.2, 0.25) is 5.91 Å². The molecule has 0 fully saturated rings. The number of rotatable bonds is 5. The van der Waals surface area contributed by atoms with Crippen LogP contribution in [-0.2, 0) is 11.2 Å². The summed E-state index contributed by atoms with van der Waals surface area (Å²) in [5.41, 5.74) is 1.53. The molecular weight excluding hydrogens is 256 g/mol. The van der Waals surface area contributed by atoms with Crippen molar-refractivity contribution < 1.29 is 14.3 Å². The molecule has 2 aromatic rings. The second kappa shape index (κ2) is 6.56. The molecule has 0 saturated carbocycles. The maximum absolute atomic E-state index is 11.9. The van der Waals surface area contributed by atoms with Gasteiger partial charge in [0.25, 0.3) is 0 Å². The lowest BCUT2D eigenvalue weighted by Gasteiger charge is -2.10. The molecule has 5 nitrogen and oxygen atoms in total. The summed E-state index contributed by atoms with van der Waals surface area (Å²) in [5.74, 6) is 1.09. The number of hydrogen-bond acceptors (Lipinski definition) is 4. The number of amides is 1. The van der Waals surface area contributed by atoms with Gasteiger partial charge in [0.05, 0.1) is 20.6 Å². The molecule has 104 valence electrons. The Morgan fingerprint density at radius 3 is 2.65 bits per heavy atom. The van der Waals surface area contributed by atoms with Crippen LogP contribution in [0.15, 0.2) is 42.7 Å². The van der Waals surface area contributed by atoms with Gasteiger partial charge in [-0.3, -0.25) is 9.78 Å². The number of ether oxygens (including phenoxy) is 2. The minimum atomic E-state index is -0.106. The Hall–Kier alpha value is -2.56. The van der Waals surface area contributed by atoms with Gasteiger partial charge >= 0.3 is 0 Å². The Morgan fingerprint density at radius 1 is 1.20 bits per heavy atom. The SMILES string of the molecule is COc1ccc(NC(=O)Cc2cccnc2)cc1OC. The zero-order valence-corrected chi connectivity index (χ0v) is 11.4. The van der Waals surface area contributed by atoms with Gasteiger partial charge < -0.3 is 14.8 Å². The van der Waals surface area contributed by atoms with Crippen LogP contribution in [0.4, 0.5) is 5.69 Å². The van der Waals surface area contributed by atoms with Gasteiger partial charge in [-0.25, -0.2) is 0 Å². The third-order valence-electron chi connectivity index (χ3n) is 2.75. The van der Waals surface area contributed by atoms with E-state index in [1.54, 1.807) is 50.9 Å². The van der Waals surface area contributed by atoms with Crippen LogP contribution in [0, 0.1) is 0 Å². The summed E-state index contributed by atoms with van der Waals surface area (Å²) < 4.78 is 10.3. The van der Waals surface area contributed by atoms with Crippen molar-refractivity contribution in [3.05, 3.63) is 48.3 Å². The first-order valence-corrected chi connectivity index (χ1v) is 6.13. The standard InChI is InChI=1S/C15H16N2O3/c1-19-13-6-5-12(9-14(13)20-2)17-15(18)8-11-4-3-7-16-10-11/h3-7,9-10H,8H2,1-2H3,(H,17,18). The second-order valence-corrected chi connectivity index (χ2v) is 4.16. The lowest BCUT2D eigenvalue weighted by atomic mass is 10.2. The number of hydrogen-bond donors (Lipinski definition) is 1. The van der Waals surface area contributed by atoms with Crippen molar-refractivity contribution in [3.8, 4) is 11.5 Å². The molecule has 0 unspecified atom stereocenters. The number of pyridine rings is 1. The molecule has 0 atom stereocenters. The molecule has 1 aromatic heterocycles. The van der Waals surface area contributed by atoms with Crippen LogP contribution in [0.3, 0.4) is 0 Å². The number of anilines is 1. The number of methoxy groups -OCH3 is 2. The summed E-state index contributed by atoms with van der Waals surface area (Å²) in [5, 5.41) is 2.81. The van der Waals surface area contributed by atoms with Crippen molar-refractivity contribution in [2.24, 2.45) is 0 Å². The molecular formula is C15H16N2O3. The molecule has 20 heavy (non-hydrogen) atoms. The number of aromatic nitrogens is 1. The zero-order valence-electron chi connectivity index (χ0n) is 11.4. The Balaban J connectivity index is 2.04. The quantitative estimate of drug-likeness (QED) is 0.907. The van der Waals surface area contributed by atoms with Gasteiger partial charge in [0, 0.05) is 24.1 Å². The molecule has 1 amide bonds. The molecule has 5 heteroatoms. The molecule has 0 aliphatic heterocycles. The van der Waals surface area contributed by atoms with Gasteiger partial charge in [-0.15, -0.1) is 0 Å². The Labute approximate surface area is 117 Å². The van der Waals surface area contributed by atoms with Crippen LogP contribution in [0.2, 0.25) is 0 Å². The molecule has 0 spiro atoms. The van der Waals surface area contributed by atoms with E-state index in [2.05, 4.69) is 10.3 Å². The van der Waals surface area contributed by atoms with Crippen molar-refractivity contribution in [1.29, 1.82) is 0 Å². The highest BCUT2D eigenvalue weighted by molar-refractivity contribution is 5.92. The molecule has 0 bridgehead atoms. The first kappa shape index (κ1) is 13.9. The number of carbonyl (C=O) groups is 1. The normalized spacial score (nSPS) is 9.90. The molecule has 1 aromatic carbocycles. The molecule has 2 rings (SSSR count). The van der Waals surface area contributed by atoms with Crippen LogP contribution >= 0.6 is 0 Å². The van der Waals surface area contributed by atoms with Crippen molar-refractivity contribution in [2.75, 3.05) is 19.5 Å². The summed E-state index contributed by atoms with van der Waals surface area (Å²) in [6.07, 6.45) is 3.63. The number of benzene rings is 1. The van der Waals surface area contributed by atoms with Crippen LogP contribution in [0.25, 0.3) is 0 Å². The van der Waals surface area contributed by atoms with E-state index in [4.69, 9.17) is 9.47 Å². The van der Waals surface area contributed by atoms with Gasteiger partial charge in [0.1, 0.15) is 0 Å². The lowest BCUT2D eigenvalue weighted by molar-refractivity contribution is -0.115. The van der Waals surface area contributed by atoms with Gasteiger partial charge in [0.15, 0.2) is 11.5 Å². The maximum Gasteiger partial charge on any atom is 0.228 e. The topological polar surface area (TPSA) is 60.5 Å². The summed E-state index contributed by atoms with van der Waals surface area (Å²) >= 11 is 0. The van der Waals surface area contributed by atoms with E-state index < -0.39 is 0 Å². The van der Waals surface area contributed by atoms with E-state index in [1.165, 1.54) is 0 Å². The Morgan fingerprint density at radius 2 is 2.00 bits per heavy atom. The van der Waals surface area contributed by atoms with Crippen LogP contribution in [-0.4, -0.2) is 25.1 Å². The van der Waals surface area contributed by atoms with Crippen molar-refractivity contribution in [3.63, 3.8) is 0 Å². The molecule has 1 N–H and O–H groups in total. The largest absolute Gasteiger partial charge is 0.493 e. The minimum Gasteiger partial charge on any atom is -0.493 e. The minimum absolute atomic E-state index is 0.106. The zero-order chi connectivity index (χ0) is 14.4. The Bertz CT molecular complexity index is 585. The predicted octanol–water partition coefficient (Wildman–Crippen LogP) is 2.28. The lowest BCUT2D eigenvalue weighted by Crippen LogP contribution is -2.14. The molecule has 1 heterocycles. The highest BCUT2D eigenvalue weighted by Gasteiger charge is 2.08. The first-order chi connectivity index (χ1) is 9.72. The van der Waals surface area contributed by atoms with Crippen molar-refractivity contribution >= 4 is 11.6 Å². The van der Waals surface area contributed by atoms with Gasteiger partial charge in [-0.2, -0.15) is 0 Å². The highest BCUT2D eigenvalue weighted by Crippen LogP contribution is 2.29. The fourth-order valence-electron chi connectivity index (χ4n) is 1.81. The molecule has 0 aliphatic rings. The number of nitrogens with zero attached hydrogens (tertiary/aromatic N) is 1. The average Bonchev–Trinajstić information content (AvgIpc) is 2.48. The van der Waals surface area contributed by atoms with E-state index in [0.717, 1.165) is 5.56 Å².